The number of carbonyl (C=O) groups is 1. The zero-order valence-electron chi connectivity index (χ0n) is 11.9. The zero-order chi connectivity index (χ0) is 14.7. The van der Waals surface area contributed by atoms with Crippen molar-refractivity contribution >= 4 is 23.2 Å². The number of nitrogens with one attached hydrogen (secondary N) is 2. The summed E-state index contributed by atoms with van der Waals surface area (Å²) in [4.78, 5) is 13.6. The summed E-state index contributed by atoms with van der Waals surface area (Å²) >= 11 is 5.71. The van der Waals surface area contributed by atoms with Crippen LogP contribution in [-0.2, 0) is 4.79 Å². The number of rotatable bonds is 3. The van der Waals surface area contributed by atoms with Gasteiger partial charge in [-0.2, -0.15) is 0 Å². The Balaban J connectivity index is 1.98. The number of piperidine rings is 1. The lowest BCUT2D eigenvalue weighted by atomic mass is 9.99. The summed E-state index contributed by atoms with van der Waals surface area (Å²) in [5.41, 5.74) is 0.540. The van der Waals surface area contributed by atoms with Gasteiger partial charge in [-0.3, -0.25) is 4.79 Å². The first-order valence-electron chi connectivity index (χ1n) is 7.08. The molecule has 3 nitrogen and oxygen atoms in total. The normalized spacial score (nSPS) is 24.2. The maximum Gasteiger partial charge on any atom is 0.282 e. The van der Waals surface area contributed by atoms with Gasteiger partial charge in [0, 0.05) is 11.6 Å². The van der Waals surface area contributed by atoms with Crippen molar-refractivity contribution in [3.8, 4) is 0 Å². The summed E-state index contributed by atoms with van der Waals surface area (Å²) in [5, 5.41) is 2.83. The average Bonchev–Trinajstić information content (AvgIpc) is 2.42. The van der Waals surface area contributed by atoms with Crippen molar-refractivity contribution in [1.82, 2.24) is 0 Å². The number of amides is 1. The predicted octanol–water partition coefficient (Wildman–Crippen LogP) is 2.12. The molecule has 1 aliphatic rings. The number of halogens is 2. The molecule has 0 spiro atoms. The molecule has 5 heteroatoms. The van der Waals surface area contributed by atoms with Gasteiger partial charge in [-0.25, -0.2) is 4.39 Å². The van der Waals surface area contributed by atoms with Crippen LogP contribution in [0.15, 0.2) is 18.2 Å². The quantitative estimate of drug-likeness (QED) is 0.881. The van der Waals surface area contributed by atoms with Gasteiger partial charge in [0.15, 0.2) is 6.04 Å². The molecule has 0 aliphatic carbocycles. The first-order valence-corrected chi connectivity index (χ1v) is 7.45. The number of hydrogen-bond donors (Lipinski definition) is 2. The van der Waals surface area contributed by atoms with E-state index in [2.05, 4.69) is 12.2 Å². The van der Waals surface area contributed by atoms with Crippen LogP contribution in [0.4, 0.5) is 10.1 Å². The fourth-order valence-corrected chi connectivity index (χ4v) is 2.91. The number of quaternary nitrogens is 1. The van der Waals surface area contributed by atoms with Crippen LogP contribution in [0.5, 0.6) is 0 Å². The summed E-state index contributed by atoms with van der Waals surface area (Å²) in [7, 11) is 0. The highest BCUT2D eigenvalue weighted by atomic mass is 35.5. The SMILES string of the molecule is C[C@H]1CCC[NH+]([C@@H](C)C(=O)Nc2ccc(F)c(Cl)c2)C1. The summed E-state index contributed by atoms with van der Waals surface area (Å²) in [6.45, 7) is 6.22. The zero-order valence-corrected chi connectivity index (χ0v) is 12.6. The van der Waals surface area contributed by atoms with Crippen molar-refractivity contribution < 1.29 is 14.1 Å². The molecule has 0 saturated carbocycles. The van der Waals surface area contributed by atoms with Gasteiger partial charge in [0.25, 0.3) is 5.91 Å². The van der Waals surface area contributed by atoms with Crippen molar-refractivity contribution in [2.24, 2.45) is 5.92 Å². The van der Waals surface area contributed by atoms with E-state index < -0.39 is 5.82 Å². The number of likely N-dealkylation sites (tertiary alicyclic amines) is 1. The Kier molecular flexibility index (Phi) is 5.00. The Morgan fingerprint density at radius 1 is 1.55 bits per heavy atom. The highest BCUT2D eigenvalue weighted by molar-refractivity contribution is 6.31. The maximum absolute atomic E-state index is 13.1. The second-order valence-electron chi connectivity index (χ2n) is 5.70. The van der Waals surface area contributed by atoms with Crippen molar-refractivity contribution in [3.05, 3.63) is 29.0 Å². The predicted molar refractivity (Wildman–Crippen MR) is 78.6 cm³/mol. The number of hydrogen-bond acceptors (Lipinski definition) is 1. The van der Waals surface area contributed by atoms with Crippen LogP contribution in [0.1, 0.15) is 26.7 Å². The largest absolute Gasteiger partial charge is 0.325 e. The number of anilines is 1. The van der Waals surface area contributed by atoms with E-state index in [9.17, 15) is 9.18 Å². The van der Waals surface area contributed by atoms with Crippen molar-refractivity contribution in [3.63, 3.8) is 0 Å². The van der Waals surface area contributed by atoms with E-state index in [1.807, 2.05) is 6.92 Å². The molecule has 1 saturated heterocycles. The Morgan fingerprint density at radius 3 is 2.95 bits per heavy atom. The van der Waals surface area contributed by atoms with Gasteiger partial charge < -0.3 is 10.2 Å². The van der Waals surface area contributed by atoms with E-state index in [1.54, 1.807) is 0 Å². The molecule has 1 unspecified atom stereocenters. The van der Waals surface area contributed by atoms with Crippen LogP contribution in [0.2, 0.25) is 5.02 Å². The molecule has 0 bridgehead atoms. The molecule has 1 aromatic rings. The minimum absolute atomic E-state index is 0.0226. The Hall–Kier alpha value is -1.13. The Morgan fingerprint density at radius 2 is 2.30 bits per heavy atom. The molecule has 0 aromatic heterocycles. The lowest BCUT2D eigenvalue weighted by Gasteiger charge is -2.31. The van der Waals surface area contributed by atoms with Gasteiger partial charge in [-0.15, -0.1) is 0 Å². The van der Waals surface area contributed by atoms with Gasteiger partial charge in [-0.05, 0) is 38.0 Å². The van der Waals surface area contributed by atoms with Crippen molar-refractivity contribution in [2.75, 3.05) is 18.4 Å². The smallest absolute Gasteiger partial charge is 0.282 e. The molecule has 1 heterocycles. The summed E-state index contributed by atoms with van der Waals surface area (Å²) in [6.07, 6.45) is 2.40. The van der Waals surface area contributed by atoms with E-state index in [1.165, 1.54) is 29.5 Å². The Labute approximate surface area is 124 Å². The minimum atomic E-state index is -0.479. The number of carbonyl (C=O) groups excluding carboxylic acids is 1. The van der Waals surface area contributed by atoms with Crippen molar-refractivity contribution in [2.45, 2.75) is 32.7 Å². The fraction of sp³-hybridized carbons (Fsp3) is 0.533. The third-order valence-corrected chi connectivity index (χ3v) is 4.29. The standard InChI is InChI=1S/C15H20ClFN2O/c1-10-4-3-7-19(9-10)11(2)15(20)18-12-5-6-14(17)13(16)8-12/h5-6,8,10-11H,3-4,7,9H2,1-2H3,(H,18,20)/p+1/t10-,11-/m0/s1. The molecular weight excluding hydrogens is 279 g/mol. The molecule has 1 aromatic carbocycles. The summed E-state index contributed by atoms with van der Waals surface area (Å²) < 4.78 is 13.1. The molecular formula is C15H21ClFN2O+. The lowest BCUT2D eigenvalue weighted by molar-refractivity contribution is -0.922. The van der Waals surface area contributed by atoms with Crippen LogP contribution in [0, 0.1) is 11.7 Å². The van der Waals surface area contributed by atoms with Crippen molar-refractivity contribution in [1.29, 1.82) is 0 Å². The third-order valence-electron chi connectivity index (χ3n) is 4.00. The van der Waals surface area contributed by atoms with Gasteiger partial charge in [0.1, 0.15) is 5.82 Å². The lowest BCUT2D eigenvalue weighted by Crippen LogP contribution is -3.17. The first-order chi connectivity index (χ1) is 9.47. The van der Waals surface area contributed by atoms with E-state index in [0.717, 1.165) is 19.5 Å². The maximum atomic E-state index is 13.1. The third kappa shape index (κ3) is 3.70. The van der Waals surface area contributed by atoms with Gasteiger partial charge in [-0.1, -0.05) is 18.5 Å². The van der Waals surface area contributed by atoms with Gasteiger partial charge in [0.2, 0.25) is 0 Å². The van der Waals surface area contributed by atoms with E-state index in [0.29, 0.717) is 11.6 Å². The highest BCUT2D eigenvalue weighted by Crippen LogP contribution is 2.19. The average molecular weight is 300 g/mol. The fourth-order valence-electron chi connectivity index (χ4n) is 2.73. The molecule has 1 amide bonds. The second kappa shape index (κ2) is 6.55. The summed E-state index contributed by atoms with van der Waals surface area (Å²) in [6, 6.07) is 4.12. The molecule has 1 fully saturated rings. The number of benzene rings is 1. The van der Waals surface area contributed by atoms with Crippen LogP contribution in [0.25, 0.3) is 0 Å². The van der Waals surface area contributed by atoms with Crippen LogP contribution < -0.4 is 10.2 Å². The van der Waals surface area contributed by atoms with E-state index >= 15 is 0 Å². The molecule has 0 radical (unpaired) electrons. The van der Waals surface area contributed by atoms with Gasteiger partial charge in [0.05, 0.1) is 18.1 Å². The molecule has 2 N–H and O–H groups in total. The van der Waals surface area contributed by atoms with E-state index in [-0.39, 0.29) is 17.0 Å². The monoisotopic (exact) mass is 299 g/mol. The molecule has 110 valence electrons. The minimum Gasteiger partial charge on any atom is -0.325 e. The molecule has 3 atom stereocenters. The second-order valence-corrected chi connectivity index (χ2v) is 6.11. The molecule has 1 aliphatic heterocycles. The van der Waals surface area contributed by atoms with Crippen LogP contribution >= 0.6 is 11.6 Å². The molecule has 20 heavy (non-hydrogen) atoms. The van der Waals surface area contributed by atoms with Crippen LogP contribution in [0.3, 0.4) is 0 Å². The first kappa shape index (κ1) is 15.3. The Bertz CT molecular complexity index is 495. The van der Waals surface area contributed by atoms with Gasteiger partial charge >= 0.3 is 0 Å². The van der Waals surface area contributed by atoms with E-state index in [4.69, 9.17) is 11.6 Å². The topological polar surface area (TPSA) is 33.5 Å². The summed E-state index contributed by atoms with van der Waals surface area (Å²) in [5.74, 6) is 0.138. The van der Waals surface area contributed by atoms with Crippen LogP contribution in [-0.4, -0.2) is 25.0 Å². The molecule has 2 rings (SSSR count). The highest BCUT2D eigenvalue weighted by Gasteiger charge is 2.29.